The van der Waals surface area contributed by atoms with Crippen LogP contribution in [-0.4, -0.2) is 29.3 Å². The van der Waals surface area contributed by atoms with Crippen molar-refractivity contribution in [1.29, 1.82) is 0 Å². The number of fused-ring (bicyclic) bond motifs is 1. The van der Waals surface area contributed by atoms with Gasteiger partial charge in [-0.15, -0.1) is 0 Å². The molecule has 0 aliphatic heterocycles. The Morgan fingerprint density at radius 3 is 2.63 bits per heavy atom. The number of amides is 1. The number of benzene rings is 2. The van der Waals surface area contributed by atoms with Crippen LogP contribution < -0.4 is 10.9 Å². The van der Waals surface area contributed by atoms with Crippen LogP contribution in [0.1, 0.15) is 25.7 Å². The van der Waals surface area contributed by atoms with Crippen LogP contribution in [0.2, 0.25) is 0 Å². The van der Waals surface area contributed by atoms with E-state index in [9.17, 15) is 9.59 Å². The van der Waals surface area contributed by atoms with Crippen molar-refractivity contribution < 1.29 is 9.53 Å². The predicted molar refractivity (Wildman–Crippen MR) is 117 cm³/mol. The highest BCUT2D eigenvalue weighted by molar-refractivity contribution is 5.79. The summed E-state index contributed by atoms with van der Waals surface area (Å²) in [5.74, 6) is 1.48. The topological polar surface area (TPSA) is 73.2 Å². The first kappa shape index (κ1) is 20.1. The van der Waals surface area contributed by atoms with Crippen LogP contribution in [-0.2, 0) is 11.3 Å². The number of nitrogens with one attached hydrogen (secondary N) is 1. The Labute approximate surface area is 175 Å². The van der Waals surface area contributed by atoms with Gasteiger partial charge in [-0.2, -0.15) is 0 Å². The minimum absolute atomic E-state index is 0.00858. The summed E-state index contributed by atoms with van der Waals surface area (Å²) in [6.07, 6.45) is 3.82. The van der Waals surface area contributed by atoms with E-state index in [1.54, 1.807) is 0 Å². The van der Waals surface area contributed by atoms with E-state index in [1.165, 1.54) is 7.11 Å². The number of para-hydroxylation sites is 1. The fourth-order valence-electron chi connectivity index (χ4n) is 4.46. The van der Waals surface area contributed by atoms with Crippen LogP contribution in [0.15, 0.2) is 59.4 Å². The number of alkyl carbamates (subject to hydrolysis) is 1. The predicted octanol–water partition coefficient (Wildman–Crippen LogP) is 4.23. The van der Waals surface area contributed by atoms with E-state index in [0.717, 1.165) is 36.8 Å². The summed E-state index contributed by atoms with van der Waals surface area (Å²) in [5, 5.41) is 3.47. The van der Waals surface area contributed by atoms with Crippen molar-refractivity contribution in [2.75, 3.05) is 13.7 Å². The Bertz CT molecular complexity index is 1080. The molecule has 4 rings (SSSR count). The Morgan fingerprint density at radius 1 is 1.10 bits per heavy atom. The number of hydrogen-bond donors (Lipinski definition) is 1. The molecule has 0 radical (unpaired) electrons. The molecule has 1 aliphatic carbocycles. The summed E-state index contributed by atoms with van der Waals surface area (Å²) in [5.41, 5.74) is 1.68. The smallest absolute Gasteiger partial charge is 0.406 e. The van der Waals surface area contributed by atoms with E-state index in [-0.39, 0.29) is 5.56 Å². The molecule has 1 heterocycles. The van der Waals surface area contributed by atoms with Gasteiger partial charge in [-0.3, -0.25) is 9.36 Å². The molecule has 1 aromatic heterocycles. The molecule has 1 amide bonds. The third kappa shape index (κ3) is 4.37. The molecule has 0 spiro atoms. The van der Waals surface area contributed by atoms with E-state index in [4.69, 9.17) is 4.98 Å². The zero-order valence-electron chi connectivity index (χ0n) is 17.2. The lowest BCUT2D eigenvalue weighted by Crippen LogP contribution is -2.34. The Kier molecular flexibility index (Phi) is 6.12. The number of ether oxygens (including phenoxy) is 1. The van der Waals surface area contributed by atoms with Gasteiger partial charge in [-0.1, -0.05) is 48.9 Å². The van der Waals surface area contributed by atoms with E-state index >= 15 is 0 Å². The van der Waals surface area contributed by atoms with Gasteiger partial charge in [0.1, 0.15) is 5.82 Å². The molecule has 2 atom stereocenters. The largest absolute Gasteiger partial charge is 0.453 e. The maximum Gasteiger partial charge on any atom is 0.406 e. The minimum Gasteiger partial charge on any atom is -0.453 e. The standard InChI is InChI=1S/C24H27N3O3/c1-30-24(29)25-15-17-8-7-9-18(14-17)16-27-22(19-10-3-2-4-11-19)26-21-13-6-5-12-20(21)23(27)28/h2-6,10-13,17-18H,7-9,14-16H2,1H3,(H,25,29). The second-order valence-electron chi connectivity index (χ2n) is 8.01. The fraction of sp³-hybridized carbons (Fsp3) is 0.375. The van der Waals surface area contributed by atoms with Gasteiger partial charge in [-0.25, -0.2) is 9.78 Å². The molecule has 1 fully saturated rings. The van der Waals surface area contributed by atoms with Crippen LogP contribution in [0.25, 0.3) is 22.3 Å². The molecular formula is C24H27N3O3. The van der Waals surface area contributed by atoms with Crippen molar-refractivity contribution in [3.05, 3.63) is 65.0 Å². The van der Waals surface area contributed by atoms with Crippen molar-refractivity contribution in [3.63, 3.8) is 0 Å². The molecule has 6 nitrogen and oxygen atoms in total. The fourth-order valence-corrected chi connectivity index (χ4v) is 4.46. The molecule has 30 heavy (non-hydrogen) atoms. The quantitative estimate of drug-likeness (QED) is 0.690. The third-order valence-electron chi connectivity index (χ3n) is 5.95. The molecule has 3 aromatic rings. The lowest BCUT2D eigenvalue weighted by Gasteiger charge is -2.30. The average molecular weight is 405 g/mol. The van der Waals surface area contributed by atoms with Gasteiger partial charge in [0.05, 0.1) is 18.0 Å². The average Bonchev–Trinajstić information content (AvgIpc) is 2.80. The van der Waals surface area contributed by atoms with Crippen LogP contribution in [0.5, 0.6) is 0 Å². The molecule has 1 aliphatic rings. The number of nitrogens with zero attached hydrogens (tertiary/aromatic N) is 2. The maximum atomic E-state index is 13.4. The number of carbonyl (C=O) groups is 1. The molecule has 156 valence electrons. The highest BCUT2D eigenvalue weighted by Crippen LogP contribution is 2.31. The number of carbonyl (C=O) groups excluding carboxylic acids is 1. The van der Waals surface area contributed by atoms with Crippen molar-refractivity contribution in [2.24, 2.45) is 11.8 Å². The zero-order valence-corrected chi connectivity index (χ0v) is 17.2. The zero-order chi connectivity index (χ0) is 20.9. The molecule has 2 unspecified atom stereocenters. The third-order valence-corrected chi connectivity index (χ3v) is 5.95. The van der Waals surface area contributed by atoms with Gasteiger partial charge < -0.3 is 10.1 Å². The van der Waals surface area contributed by atoms with Crippen LogP contribution in [0, 0.1) is 11.8 Å². The molecule has 0 bridgehead atoms. The summed E-state index contributed by atoms with van der Waals surface area (Å²) in [4.78, 5) is 29.6. The monoisotopic (exact) mass is 405 g/mol. The maximum absolute atomic E-state index is 13.4. The normalized spacial score (nSPS) is 18.8. The van der Waals surface area contributed by atoms with Crippen LogP contribution >= 0.6 is 0 Å². The molecular weight excluding hydrogens is 378 g/mol. The van der Waals surface area contributed by atoms with E-state index in [2.05, 4.69) is 10.1 Å². The van der Waals surface area contributed by atoms with Gasteiger partial charge in [0.15, 0.2) is 0 Å². The number of methoxy groups -OCH3 is 1. The second-order valence-corrected chi connectivity index (χ2v) is 8.01. The van der Waals surface area contributed by atoms with Crippen molar-refractivity contribution in [1.82, 2.24) is 14.9 Å². The first-order valence-corrected chi connectivity index (χ1v) is 10.5. The molecule has 1 N–H and O–H groups in total. The van der Waals surface area contributed by atoms with Crippen LogP contribution in [0.4, 0.5) is 4.79 Å². The summed E-state index contributed by atoms with van der Waals surface area (Å²) >= 11 is 0. The van der Waals surface area contributed by atoms with Crippen LogP contribution in [0.3, 0.4) is 0 Å². The first-order chi connectivity index (χ1) is 14.7. The molecule has 1 saturated carbocycles. The number of aromatic nitrogens is 2. The van der Waals surface area contributed by atoms with E-state index < -0.39 is 6.09 Å². The van der Waals surface area contributed by atoms with Gasteiger partial charge >= 0.3 is 6.09 Å². The highest BCUT2D eigenvalue weighted by atomic mass is 16.5. The van der Waals surface area contributed by atoms with E-state index in [0.29, 0.717) is 36.1 Å². The van der Waals surface area contributed by atoms with Gasteiger partial charge in [0.2, 0.25) is 0 Å². The van der Waals surface area contributed by atoms with Crippen molar-refractivity contribution in [2.45, 2.75) is 32.2 Å². The summed E-state index contributed by atoms with van der Waals surface area (Å²) < 4.78 is 6.53. The SMILES string of the molecule is COC(=O)NCC1CCCC(Cn2c(-c3ccccc3)nc3ccccc3c2=O)C1. The molecule has 6 heteroatoms. The number of rotatable bonds is 5. The molecule has 0 saturated heterocycles. The lowest BCUT2D eigenvalue weighted by atomic mass is 9.81. The van der Waals surface area contributed by atoms with Gasteiger partial charge in [0.25, 0.3) is 5.56 Å². The second kappa shape index (κ2) is 9.11. The lowest BCUT2D eigenvalue weighted by molar-refractivity contribution is 0.164. The highest BCUT2D eigenvalue weighted by Gasteiger charge is 2.24. The van der Waals surface area contributed by atoms with E-state index in [1.807, 2.05) is 59.2 Å². The number of hydrogen-bond acceptors (Lipinski definition) is 4. The van der Waals surface area contributed by atoms with Gasteiger partial charge in [-0.05, 0) is 43.2 Å². The summed E-state index contributed by atoms with van der Waals surface area (Å²) in [6, 6.07) is 17.4. The summed E-state index contributed by atoms with van der Waals surface area (Å²) in [7, 11) is 1.38. The Hall–Kier alpha value is -3.15. The van der Waals surface area contributed by atoms with Crippen molar-refractivity contribution >= 4 is 17.0 Å². The van der Waals surface area contributed by atoms with Gasteiger partial charge in [0, 0.05) is 18.7 Å². The van der Waals surface area contributed by atoms with Crippen molar-refractivity contribution in [3.8, 4) is 11.4 Å². The Balaban J connectivity index is 1.64. The summed E-state index contributed by atoms with van der Waals surface area (Å²) in [6.45, 7) is 1.25. The first-order valence-electron chi connectivity index (χ1n) is 10.5. The minimum atomic E-state index is -0.390. The molecule has 2 aromatic carbocycles. The Morgan fingerprint density at radius 2 is 1.83 bits per heavy atom.